The van der Waals surface area contributed by atoms with E-state index in [0.717, 1.165) is 29.8 Å². The van der Waals surface area contributed by atoms with E-state index in [1.165, 1.54) is 12.6 Å². The van der Waals surface area contributed by atoms with Gasteiger partial charge in [0.15, 0.2) is 0 Å². The number of H-pyrrole nitrogens is 1. The van der Waals surface area contributed by atoms with Gasteiger partial charge in [0, 0.05) is 25.3 Å². The lowest BCUT2D eigenvalue weighted by atomic mass is 10.3. The van der Waals surface area contributed by atoms with Crippen LogP contribution in [-0.4, -0.2) is 48.8 Å². The number of anilines is 1. The Morgan fingerprint density at radius 1 is 1.47 bits per heavy atom. The normalized spacial score (nSPS) is 20.3. The summed E-state index contributed by atoms with van der Waals surface area (Å²) in [5.74, 6) is 0.851. The molecule has 1 fully saturated rings. The molecule has 0 aromatic carbocycles. The van der Waals surface area contributed by atoms with Crippen LogP contribution in [0.5, 0.6) is 0 Å². The Bertz CT molecular complexity index is 696. The van der Waals surface area contributed by atoms with E-state index in [-0.39, 0.29) is 6.04 Å². The first-order valence-electron chi connectivity index (χ1n) is 6.03. The van der Waals surface area contributed by atoms with E-state index in [1.807, 2.05) is 12.3 Å². The molecule has 0 bridgehead atoms. The summed E-state index contributed by atoms with van der Waals surface area (Å²) >= 11 is 0. The van der Waals surface area contributed by atoms with E-state index in [0.29, 0.717) is 6.54 Å². The van der Waals surface area contributed by atoms with Gasteiger partial charge in [-0.1, -0.05) is 0 Å². The van der Waals surface area contributed by atoms with Gasteiger partial charge in [-0.05, 0) is 12.5 Å². The number of aromatic amines is 1. The van der Waals surface area contributed by atoms with E-state index < -0.39 is 10.0 Å². The summed E-state index contributed by atoms with van der Waals surface area (Å²) in [5, 5.41) is 0.961. The van der Waals surface area contributed by atoms with Crippen LogP contribution in [0.4, 0.5) is 5.82 Å². The van der Waals surface area contributed by atoms with Crippen molar-refractivity contribution in [3.8, 4) is 0 Å². The molecule has 3 rings (SSSR count). The molecular formula is C11H15N5O2S. The Kier molecular flexibility index (Phi) is 2.90. The predicted octanol–water partition coefficient (Wildman–Crippen LogP) is 0.0858. The van der Waals surface area contributed by atoms with Crippen LogP contribution < -0.4 is 9.62 Å². The molecule has 7 nitrogen and oxygen atoms in total. The van der Waals surface area contributed by atoms with Gasteiger partial charge in [0.25, 0.3) is 0 Å². The highest BCUT2D eigenvalue weighted by molar-refractivity contribution is 7.88. The van der Waals surface area contributed by atoms with Crippen LogP contribution in [-0.2, 0) is 10.0 Å². The van der Waals surface area contributed by atoms with E-state index in [4.69, 9.17) is 0 Å². The molecule has 1 saturated heterocycles. The zero-order valence-corrected chi connectivity index (χ0v) is 11.3. The molecule has 2 aromatic heterocycles. The molecule has 0 radical (unpaired) electrons. The van der Waals surface area contributed by atoms with Crippen molar-refractivity contribution in [3.05, 3.63) is 18.6 Å². The van der Waals surface area contributed by atoms with Gasteiger partial charge < -0.3 is 9.88 Å². The van der Waals surface area contributed by atoms with Crippen molar-refractivity contribution in [1.82, 2.24) is 19.7 Å². The largest absolute Gasteiger partial charge is 0.354 e. The molecule has 0 aliphatic carbocycles. The Hall–Kier alpha value is -1.67. The number of hydrogen-bond acceptors (Lipinski definition) is 5. The number of nitrogens with zero attached hydrogens (tertiary/aromatic N) is 3. The molecule has 1 aliphatic heterocycles. The number of aromatic nitrogens is 3. The zero-order chi connectivity index (χ0) is 13.5. The van der Waals surface area contributed by atoms with Gasteiger partial charge in [-0.25, -0.2) is 23.1 Å². The Morgan fingerprint density at radius 2 is 2.32 bits per heavy atom. The van der Waals surface area contributed by atoms with E-state index in [9.17, 15) is 8.42 Å². The molecule has 1 aliphatic rings. The fourth-order valence-corrected chi connectivity index (χ4v) is 3.26. The van der Waals surface area contributed by atoms with Crippen molar-refractivity contribution in [2.75, 3.05) is 24.2 Å². The molecule has 1 atom stereocenters. The average Bonchev–Trinajstić information content (AvgIpc) is 2.94. The summed E-state index contributed by atoms with van der Waals surface area (Å²) in [6, 6.07) is 1.88. The van der Waals surface area contributed by atoms with E-state index in [2.05, 4.69) is 24.6 Å². The minimum Gasteiger partial charge on any atom is -0.354 e. The first-order valence-corrected chi connectivity index (χ1v) is 7.92. The summed E-state index contributed by atoms with van der Waals surface area (Å²) in [5.41, 5.74) is 0.796. The Labute approximate surface area is 111 Å². The Balaban J connectivity index is 1.83. The highest BCUT2D eigenvalue weighted by Crippen LogP contribution is 2.25. The zero-order valence-electron chi connectivity index (χ0n) is 10.5. The number of rotatable bonds is 3. The molecule has 2 aromatic rings. The molecule has 19 heavy (non-hydrogen) atoms. The monoisotopic (exact) mass is 281 g/mol. The topological polar surface area (TPSA) is 91.0 Å². The lowest BCUT2D eigenvalue weighted by Crippen LogP contribution is -2.36. The molecule has 2 N–H and O–H groups in total. The fourth-order valence-electron chi connectivity index (χ4n) is 2.46. The van der Waals surface area contributed by atoms with Crippen LogP contribution in [0.3, 0.4) is 0 Å². The number of hydrogen-bond donors (Lipinski definition) is 2. The minimum absolute atomic E-state index is 0.0565. The lowest BCUT2D eigenvalue weighted by molar-refractivity contribution is 0.567. The summed E-state index contributed by atoms with van der Waals surface area (Å²) in [6.07, 6.45) is 5.31. The second-order valence-electron chi connectivity index (χ2n) is 4.76. The van der Waals surface area contributed by atoms with Crippen molar-refractivity contribution >= 4 is 26.9 Å². The van der Waals surface area contributed by atoms with Crippen LogP contribution in [0, 0.1) is 0 Å². The van der Waals surface area contributed by atoms with Gasteiger partial charge in [-0.15, -0.1) is 0 Å². The first-order chi connectivity index (χ1) is 9.03. The maximum Gasteiger partial charge on any atom is 0.209 e. The van der Waals surface area contributed by atoms with Crippen molar-refractivity contribution in [2.45, 2.75) is 12.5 Å². The Morgan fingerprint density at radius 3 is 3.11 bits per heavy atom. The SMILES string of the molecule is CS(=O)(=O)NC1CCN(c2ncnc3[nH]ccc23)C1. The summed E-state index contributed by atoms with van der Waals surface area (Å²) in [6.45, 7) is 1.41. The summed E-state index contributed by atoms with van der Waals surface area (Å²) < 4.78 is 25.1. The molecule has 102 valence electrons. The molecule has 0 spiro atoms. The van der Waals surface area contributed by atoms with Gasteiger partial charge in [-0.3, -0.25) is 0 Å². The number of nitrogens with one attached hydrogen (secondary N) is 2. The summed E-state index contributed by atoms with van der Waals surface area (Å²) in [4.78, 5) is 13.6. The van der Waals surface area contributed by atoms with Crippen LogP contribution in [0.1, 0.15) is 6.42 Å². The minimum atomic E-state index is -3.16. The van der Waals surface area contributed by atoms with E-state index >= 15 is 0 Å². The molecule has 1 unspecified atom stereocenters. The predicted molar refractivity (Wildman–Crippen MR) is 72.5 cm³/mol. The van der Waals surface area contributed by atoms with Gasteiger partial charge in [-0.2, -0.15) is 0 Å². The second-order valence-corrected chi connectivity index (χ2v) is 6.54. The van der Waals surface area contributed by atoms with Gasteiger partial charge in [0.05, 0.1) is 11.6 Å². The molecule has 3 heterocycles. The second kappa shape index (κ2) is 4.46. The quantitative estimate of drug-likeness (QED) is 0.832. The van der Waals surface area contributed by atoms with Crippen LogP contribution in [0.2, 0.25) is 0 Å². The lowest BCUT2D eigenvalue weighted by Gasteiger charge is -2.18. The maximum absolute atomic E-state index is 11.2. The fraction of sp³-hybridized carbons (Fsp3) is 0.455. The molecule has 0 amide bonds. The van der Waals surface area contributed by atoms with Crippen molar-refractivity contribution in [3.63, 3.8) is 0 Å². The number of sulfonamides is 1. The van der Waals surface area contributed by atoms with Crippen LogP contribution >= 0.6 is 0 Å². The smallest absolute Gasteiger partial charge is 0.209 e. The van der Waals surface area contributed by atoms with Crippen molar-refractivity contribution in [2.24, 2.45) is 0 Å². The standard InChI is InChI=1S/C11H15N5O2S/c1-19(17,18)15-8-3-5-16(6-8)11-9-2-4-12-10(9)13-7-14-11/h2,4,7-8,15H,3,5-6H2,1H3,(H,12,13,14). The van der Waals surface area contributed by atoms with Gasteiger partial charge in [0.1, 0.15) is 17.8 Å². The molecular weight excluding hydrogens is 266 g/mol. The van der Waals surface area contributed by atoms with E-state index in [1.54, 1.807) is 0 Å². The van der Waals surface area contributed by atoms with Gasteiger partial charge in [0.2, 0.25) is 10.0 Å². The highest BCUT2D eigenvalue weighted by atomic mass is 32.2. The third-order valence-corrected chi connectivity index (χ3v) is 3.96. The maximum atomic E-state index is 11.2. The van der Waals surface area contributed by atoms with Crippen LogP contribution in [0.15, 0.2) is 18.6 Å². The third-order valence-electron chi connectivity index (χ3n) is 3.20. The first kappa shape index (κ1) is 12.4. The third kappa shape index (κ3) is 2.54. The van der Waals surface area contributed by atoms with Crippen molar-refractivity contribution in [1.29, 1.82) is 0 Å². The van der Waals surface area contributed by atoms with Gasteiger partial charge >= 0.3 is 0 Å². The summed E-state index contributed by atoms with van der Waals surface area (Å²) in [7, 11) is -3.16. The average molecular weight is 281 g/mol. The highest BCUT2D eigenvalue weighted by Gasteiger charge is 2.26. The number of fused-ring (bicyclic) bond motifs is 1. The van der Waals surface area contributed by atoms with Crippen LogP contribution in [0.25, 0.3) is 11.0 Å². The van der Waals surface area contributed by atoms with Crippen molar-refractivity contribution < 1.29 is 8.42 Å². The molecule has 0 saturated carbocycles. The molecule has 8 heteroatoms.